The number of aliphatic imine (C=N–C) groups is 1. The van der Waals surface area contributed by atoms with Crippen LogP contribution in [0.15, 0.2) is 47.6 Å². The number of hydrogen-bond donors (Lipinski definition) is 2. The summed E-state index contributed by atoms with van der Waals surface area (Å²) in [4.78, 5) is 11.2. The first-order valence-corrected chi connectivity index (χ1v) is 10.8. The molecule has 164 valence electrons. The number of likely N-dealkylation sites (tertiary alicyclic amines) is 1. The highest BCUT2D eigenvalue weighted by Crippen LogP contribution is 2.35. The van der Waals surface area contributed by atoms with E-state index in [1.54, 1.807) is 0 Å². The van der Waals surface area contributed by atoms with Crippen LogP contribution in [0, 0.1) is 12.8 Å². The van der Waals surface area contributed by atoms with Crippen molar-refractivity contribution < 1.29 is 0 Å². The minimum Gasteiger partial charge on any atom is -0.356 e. The molecule has 1 saturated heterocycles. The Labute approximate surface area is 202 Å². The minimum atomic E-state index is 0. The molecule has 0 spiro atoms. The molecule has 0 amide bonds. The van der Waals surface area contributed by atoms with Crippen molar-refractivity contribution in [2.24, 2.45) is 10.9 Å². The van der Waals surface area contributed by atoms with Crippen LogP contribution in [-0.4, -0.2) is 49.6 Å². The molecule has 1 aliphatic heterocycles. The molecule has 1 aromatic carbocycles. The van der Waals surface area contributed by atoms with Gasteiger partial charge in [0.1, 0.15) is 0 Å². The molecular weight excluding hydrogens is 509 g/mol. The second-order valence-corrected chi connectivity index (χ2v) is 8.26. The standard InChI is InChI=1S/C23H32ClN5.HI/c1-17-9-10-18(15-27-17)11-12-26-23(25-2)28-16-20-7-5-13-29(3)22(20)19-6-4-8-21(24)14-19;/h4,6,8-10,14-15,20,22H,5,7,11-13,16H2,1-3H3,(H2,25,26,28);1H. The molecule has 1 aromatic heterocycles. The summed E-state index contributed by atoms with van der Waals surface area (Å²) in [5.74, 6) is 1.36. The minimum absolute atomic E-state index is 0. The Hall–Kier alpha value is -1.38. The highest BCUT2D eigenvalue weighted by atomic mass is 127. The van der Waals surface area contributed by atoms with Gasteiger partial charge in [-0.1, -0.05) is 29.8 Å². The quantitative estimate of drug-likeness (QED) is 0.322. The predicted octanol–water partition coefficient (Wildman–Crippen LogP) is 4.45. The topological polar surface area (TPSA) is 52.6 Å². The molecule has 0 aliphatic carbocycles. The van der Waals surface area contributed by atoms with E-state index in [0.29, 0.717) is 12.0 Å². The smallest absolute Gasteiger partial charge is 0.190 e. The first-order chi connectivity index (χ1) is 14.1. The number of nitrogens with one attached hydrogen (secondary N) is 2. The number of hydrogen-bond acceptors (Lipinski definition) is 3. The van der Waals surface area contributed by atoms with Gasteiger partial charge in [0.25, 0.3) is 0 Å². The van der Waals surface area contributed by atoms with E-state index in [2.05, 4.69) is 56.8 Å². The van der Waals surface area contributed by atoms with Gasteiger partial charge in [0.05, 0.1) is 0 Å². The molecule has 1 aliphatic rings. The van der Waals surface area contributed by atoms with E-state index < -0.39 is 0 Å². The first kappa shape index (κ1) is 24.9. The lowest BCUT2D eigenvalue weighted by Crippen LogP contribution is -2.45. The lowest BCUT2D eigenvalue weighted by Gasteiger charge is -2.40. The SMILES string of the molecule is CN=C(NCCc1ccc(C)nc1)NCC1CCCN(C)C1c1cccc(Cl)c1.I. The van der Waals surface area contributed by atoms with Crippen molar-refractivity contribution in [3.8, 4) is 0 Å². The van der Waals surface area contributed by atoms with Crippen molar-refractivity contribution in [1.82, 2.24) is 20.5 Å². The van der Waals surface area contributed by atoms with E-state index in [-0.39, 0.29) is 24.0 Å². The van der Waals surface area contributed by atoms with Gasteiger partial charge in [-0.15, -0.1) is 24.0 Å². The number of aromatic nitrogens is 1. The largest absolute Gasteiger partial charge is 0.356 e. The van der Waals surface area contributed by atoms with Gasteiger partial charge >= 0.3 is 0 Å². The molecule has 2 unspecified atom stereocenters. The monoisotopic (exact) mass is 541 g/mol. The molecule has 2 heterocycles. The van der Waals surface area contributed by atoms with Crippen molar-refractivity contribution in [3.05, 3.63) is 64.4 Å². The summed E-state index contributed by atoms with van der Waals surface area (Å²) in [7, 11) is 4.03. The summed E-state index contributed by atoms with van der Waals surface area (Å²) in [6, 6.07) is 12.8. The molecule has 3 rings (SSSR count). The van der Waals surface area contributed by atoms with E-state index in [4.69, 9.17) is 11.6 Å². The summed E-state index contributed by atoms with van der Waals surface area (Å²) < 4.78 is 0. The highest BCUT2D eigenvalue weighted by molar-refractivity contribution is 14.0. The van der Waals surface area contributed by atoms with E-state index in [0.717, 1.165) is 42.7 Å². The number of pyridine rings is 1. The van der Waals surface area contributed by atoms with Gasteiger partial charge < -0.3 is 10.6 Å². The number of nitrogens with zero attached hydrogens (tertiary/aromatic N) is 3. The van der Waals surface area contributed by atoms with Gasteiger partial charge in [-0.3, -0.25) is 14.9 Å². The number of piperidine rings is 1. The molecule has 0 bridgehead atoms. The van der Waals surface area contributed by atoms with Crippen LogP contribution in [0.25, 0.3) is 0 Å². The van der Waals surface area contributed by atoms with Crippen LogP contribution in [0.4, 0.5) is 0 Å². The number of halogens is 2. The van der Waals surface area contributed by atoms with Crippen LogP contribution < -0.4 is 10.6 Å². The second kappa shape index (κ2) is 12.5. The van der Waals surface area contributed by atoms with E-state index in [1.165, 1.54) is 24.0 Å². The third-order valence-corrected chi connectivity index (χ3v) is 5.87. The molecule has 0 radical (unpaired) electrons. The van der Waals surface area contributed by atoms with Crippen LogP contribution in [0.3, 0.4) is 0 Å². The average molecular weight is 542 g/mol. The fraction of sp³-hybridized carbons (Fsp3) is 0.478. The Morgan fingerprint density at radius 1 is 1.27 bits per heavy atom. The van der Waals surface area contributed by atoms with Crippen molar-refractivity contribution in [3.63, 3.8) is 0 Å². The summed E-state index contributed by atoms with van der Waals surface area (Å²) in [6.07, 6.45) is 5.28. The summed E-state index contributed by atoms with van der Waals surface area (Å²) >= 11 is 6.26. The Kier molecular flexibility index (Phi) is 10.3. The molecule has 0 saturated carbocycles. The molecule has 1 fully saturated rings. The zero-order valence-electron chi connectivity index (χ0n) is 18.1. The maximum atomic E-state index is 6.26. The van der Waals surface area contributed by atoms with E-state index in [1.807, 2.05) is 32.3 Å². The van der Waals surface area contributed by atoms with E-state index in [9.17, 15) is 0 Å². The van der Waals surface area contributed by atoms with Crippen LogP contribution in [-0.2, 0) is 6.42 Å². The van der Waals surface area contributed by atoms with Crippen LogP contribution in [0.5, 0.6) is 0 Å². The summed E-state index contributed by atoms with van der Waals surface area (Å²) in [5, 5.41) is 7.76. The average Bonchev–Trinajstić information content (AvgIpc) is 2.72. The zero-order valence-corrected chi connectivity index (χ0v) is 21.2. The van der Waals surface area contributed by atoms with Crippen molar-refractivity contribution >= 4 is 41.5 Å². The number of rotatable bonds is 6. The number of aryl methyl sites for hydroxylation is 1. The van der Waals surface area contributed by atoms with Crippen LogP contribution in [0.1, 0.15) is 35.7 Å². The van der Waals surface area contributed by atoms with Gasteiger partial charge in [0, 0.05) is 43.1 Å². The lowest BCUT2D eigenvalue weighted by atomic mass is 9.85. The Morgan fingerprint density at radius 3 is 2.80 bits per heavy atom. The molecule has 2 aromatic rings. The van der Waals surface area contributed by atoms with Gasteiger partial charge in [-0.05, 0) is 75.0 Å². The Morgan fingerprint density at radius 2 is 2.10 bits per heavy atom. The normalized spacial score (nSPS) is 19.8. The predicted molar refractivity (Wildman–Crippen MR) is 137 cm³/mol. The molecule has 7 heteroatoms. The van der Waals surface area contributed by atoms with Gasteiger partial charge in [-0.25, -0.2) is 0 Å². The summed E-state index contributed by atoms with van der Waals surface area (Å²) in [6.45, 7) is 4.83. The third-order valence-electron chi connectivity index (χ3n) is 5.63. The number of guanidine groups is 1. The molecule has 5 nitrogen and oxygen atoms in total. The Balaban J connectivity index is 0.00000320. The number of benzene rings is 1. The van der Waals surface area contributed by atoms with Crippen LogP contribution >= 0.6 is 35.6 Å². The first-order valence-electron chi connectivity index (χ1n) is 10.4. The zero-order chi connectivity index (χ0) is 20.6. The molecule has 2 N–H and O–H groups in total. The maximum absolute atomic E-state index is 6.26. The third kappa shape index (κ3) is 7.10. The highest BCUT2D eigenvalue weighted by Gasteiger charge is 2.30. The lowest BCUT2D eigenvalue weighted by molar-refractivity contribution is 0.122. The van der Waals surface area contributed by atoms with Crippen molar-refractivity contribution in [2.45, 2.75) is 32.2 Å². The van der Waals surface area contributed by atoms with Crippen molar-refractivity contribution in [1.29, 1.82) is 0 Å². The fourth-order valence-corrected chi connectivity index (χ4v) is 4.31. The van der Waals surface area contributed by atoms with Gasteiger partial charge in [0.2, 0.25) is 0 Å². The van der Waals surface area contributed by atoms with Crippen molar-refractivity contribution in [2.75, 3.05) is 33.7 Å². The summed E-state index contributed by atoms with van der Waals surface area (Å²) in [5.41, 5.74) is 3.57. The van der Waals surface area contributed by atoms with Crippen LogP contribution in [0.2, 0.25) is 5.02 Å². The second-order valence-electron chi connectivity index (χ2n) is 7.82. The van der Waals surface area contributed by atoms with Gasteiger partial charge in [-0.2, -0.15) is 0 Å². The van der Waals surface area contributed by atoms with E-state index >= 15 is 0 Å². The Bertz CT molecular complexity index is 811. The fourth-order valence-electron chi connectivity index (χ4n) is 4.11. The molecular formula is C23H33ClIN5. The molecule has 2 atom stereocenters. The van der Waals surface area contributed by atoms with Gasteiger partial charge in [0.15, 0.2) is 5.96 Å². The maximum Gasteiger partial charge on any atom is 0.190 e. The molecule has 30 heavy (non-hydrogen) atoms.